The Labute approximate surface area is 160 Å². The molecule has 0 saturated carbocycles. The molecule has 0 amide bonds. The molecule has 4 rings (SSSR count). The average molecular weight is 395 g/mol. The summed E-state index contributed by atoms with van der Waals surface area (Å²) in [7, 11) is 0. The molecule has 0 aromatic carbocycles. The predicted molar refractivity (Wildman–Crippen MR) is 106 cm³/mol. The molecule has 1 aliphatic heterocycles. The molecule has 0 saturated heterocycles. The van der Waals surface area contributed by atoms with E-state index in [0.717, 1.165) is 39.4 Å². The largest absolute Gasteiger partial charge is 0.372 e. The van der Waals surface area contributed by atoms with Crippen LogP contribution in [-0.4, -0.2) is 37.7 Å². The standard InChI is InChI=1S/C17H22N4OS3/c1-5-6-24-17-20-19-14-13-10-7-11(9(2)3)22-8-12(10)25-15(13)18-16(23-4)21(14)17/h9,11H,5-8H2,1-4H3/t11-/m0/s1. The van der Waals surface area contributed by atoms with Gasteiger partial charge in [0.05, 0.1) is 18.1 Å². The lowest BCUT2D eigenvalue weighted by molar-refractivity contribution is 0.00203. The van der Waals surface area contributed by atoms with Crippen molar-refractivity contribution in [3.63, 3.8) is 0 Å². The lowest BCUT2D eigenvalue weighted by atomic mass is 9.96. The number of ether oxygens (including phenoxy) is 1. The van der Waals surface area contributed by atoms with Crippen LogP contribution in [0.15, 0.2) is 10.3 Å². The van der Waals surface area contributed by atoms with Gasteiger partial charge in [0.1, 0.15) is 4.83 Å². The van der Waals surface area contributed by atoms with E-state index in [-0.39, 0.29) is 6.10 Å². The summed E-state index contributed by atoms with van der Waals surface area (Å²) in [5.41, 5.74) is 2.32. The normalized spacial score (nSPS) is 17.7. The summed E-state index contributed by atoms with van der Waals surface area (Å²) in [4.78, 5) is 7.29. The third-order valence-electron chi connectivity index (χ3n) is 4.51. The van der Waals surface area contributed by atoms with Gasteiger partial charge in [-0.2, -0.15) is 0 Å². The van der Waals surface area contributed by atoms with Crippen molar-refractivity contribution < 1.29 is 4.74 Å². The number of hydrogen-bond donors (Lipinski definition) is 0. The van der Waals surface area contributed by atoms with E-state index in [2.05, 4.69) is 41.6 Å². The van der Waals surface area contributed by atoms with E-state index < -0.39 is 0 Å². The summed E-state index contributed by atoms with van der Waals surface area (Å²) in [5, 5.41) is 12.1. The van der Waals surface area contributed by atoms with Crippen molar-refractivity contribution in [3.05, 3.63) is 10.4 Å². The van der Waals surface area contributed by atoms with Crippen molar-refractivity contribution in [3.8, 4) is 0 Å². The van der Waals surface area contributed by atoms with Crippen LogP contribution in [0.2, 0.25) is 0 Å². The van der Waals surface area contributed by atoms with Crippen molar-refractivity contribution in [1.82, 2.24) is 19.6 Å². The van der Waals surface area contributed by atoms with Gasteiger partial charge in [0.15, 0.2) is 16.0 Å². The van der Waals surface area contributed by atoms with Crippen LogP contribution in [0, 0.1) is 5.92 Å². The van der Waals surface area contributed by atoms with Crippen molar-refractivity contribution in [2.75, 3.05) is 12.0 Å². The van der Waals surface area contributed by atoms with Crippen LogP contribution >= 0.6 is 34.9 Å². The van der Waals surface area contributed by atoms with Crippen LogP contribution in [0.25, 0.3) is 15.9 Å². The van der Waals surface area contributed by atoms with Gasteiger partial charge in [-0.15, -0.1) is 21.5 Å². The Morgan fingerprint density at radius 1 is 1.32 bits per heavy atom. The number of fused-ring (bicyclic) bond motifs is 5. The molecule has 3 aromatic rings. The zero-order valence-electron chi connectivity index (χ0n) is 14.9. The molecule has 3 aromatic heterocycles. The molecule has 4 heterocycles. The molecule has 0 radical (unpaired) electrons. The minimum atomic E-state index is 0.266. The Kier molecular flexibility index (Phi) is 4.96. The van der Waals surface area contributed by atoms with Crippen molar-refractivity contribution >= 4 is 50.7 Å². The van der Waals surface area contributed by atoms with Crippen LogP contribution < -0.4 is 0 Å². The fraction of sp³-hybridized carbons (Fsp3) is 0.588. The van der Waals surface area contributed by atoms with Crippen LogP contribution in [0.4, 0.5) is 0 Å². The van der Waals surface area contributed by atoms with Gasteiger partial charge in [0, 0.05) is 17.1 Å². The minimum absolute atomic E-state index is 0.266. The van der Waals surface area contributed by atoms with E-state index in [1.807, 2.05) is 0 Å². The Balaban J connectivity index is 1.93. The molecule has 0 fully saturated rings. The van der Waals surface area contributed by atoms with Crippen LogP contribution in [0.3, 0.4) is 0 Å². The maximum atomic E-state index is 6.05. The highest BCUT2D eigenvalue weighted by atomic mass is 32.2. The molecule has 5 nitrogen and oxygen atoms in total. The highest BCUT2D eigenvalue weighted by Gasteiger charge is 2.28. The molecule has 1 aliphatic rings. The third-order valence-corrected chi connectivity index (χ3v) is 7.39. The first-order valence-corrected chi connectivity index (χ1v) is 11.6. The van der Waals surface area contributed by atoms with Crippen LogP contribution in [-0.2, 0) is 17.8 Å². The second kappa shape index (κ2) is 7.06. The summed E-state index contributed by atoms with van der Waals surface area (Å²) < 4.78 is 8.19. The zero-order valence-corrected chi connectivity index (χ0v) is 17.4. The summed E-state index contributed by atoms with van der Waals surface area (Å²) >= 11 is 5.15. The van der Waals surface area contributed by atoms with Gasteiger partial charge >= 0.3 is 0 Å². The lowest BCUT2D eigenvalue weighted by Crippen LogP contribution is -2.26. The number of rotatable bonds is 5. The second-order valence-corrected chi connectivity index (χ2v) is 9.49. The van der Waals surface area contributed by atoms with Crippen molar-refractivity contribution in [2.24, 2.45) is 5.92 Å². The first-order valence-electron chi connectivity index (χ1n) is 8.61. The Bertz CT molecular complexity index is 918. The molecule has 134 valence electrons. The molecular formula is C17H22N4OS3. The van der Waals surface area contributed by atoms with Gasteiger partial charge in [-0.25, -0.2) is 9.38 Å². The molecule has 0 spiro atoms. The van der Waals surface area contributed by atoms with Gasteiger partial charge in [-0.3, -0.25) is 0 Å². The van der Waals surface area contributed by atoms with E-state index in [0.29, 0.717) is 12.5 Å². The molecule has 0 unspecified atom stereocenters. The first kappa shape index (κ1) is 17.6. The summed E-state index contributed by atoms with van der Waals surface area (Å²) in [6.45, 7) is 7.32. The van der Waals surface area contributed by atoms with Gasteiger partial charge in [0.25, 0.3) is 0 Å². The topological polar surface area (TPSA) is 52.3 Å². The van der Waals surface area contributed by atoms with E-state index in [4.69, 9.17) is 9.72 Å². The monoisotopic (exact) mass is 394 g/mol. The van der Waals surface area contributed by atoms with Crippen molar-refractivity contribution in [2.45, 2.75) is 56.6 Å². The molecule has 0 aliphatic carbocycles. The molecule has 0 N–H and O–H groups in total. The first-order chi connectivity index (χ1) is 12.1. The SMILES string of the molecule is CCCSc1nnc2c3c4c(sc3nc(SC)n12)CO[C@H](C(C)C)C4. The molecule has 8 heteroatoms. The Morgan fingerprint density at radius 3 is 2.88 bits per heavy atom. The summed E-state index contributed by atoms with van der Waals surface area (Å²) in [5.74, 6) is 1.54. The van der Waals surface area contributed by atoms with Crippen molar-refractivity contribution in [1.29, 1.82) is 0 Å². The number of aromatic nitrogens is 4. The molecule has 0 bridgehead atoms. The molecule has 1 atom stereocenters. The fourth-order valence-corrected chi connectivity index (χ4v) is 5.73. The number of thiophene rings is 1. The minimum Gasteiger partial charge on any atom is -0.372 e. The third kappa shape index (κ3) is 2.97. The van der Waals surface area contributed by atoms with Crippen LogP contribution in [0.5, 0.6) is 0 Å². The number of nitrogens with zero attached hydrogens (tertiary/aromatic N) is 4. The van der Waals surface area contributed by atoms with E-state index in [1.54, 1.807) is 34.9 Å². The lowest BCUT2D eigenvalue weighted by Gasteiger charge is -2.26. The number of thioether (sulfide) groups is 2. The van der Waals surface area contributed by atoms with Gasteiger partial charge in [-0.1, -0.05) is 44.3 Å². The second-order valence-electron chi connectivity index (χ2n) is 6.57. The highest BCUT2D eigenvalue weighted by molar-refractivity contribution is 7.99. The van der Waals surface area contributed by atoms with E-state index in [9.17, 15) is 0 Å². The smallest absolute Gasteiger partial charge is 0.197 e. The maximum absolute atomic E-state index is 6.05. The highest BCUT2D eigenvalue weighted by Crippen LogP contribution is 2.40. The maximum Gasteiger partial charge on any atom is 0.197 e. The van der Waals surface area contributed by atoms with E-state index in [1.165, 1.54) is 15.8 Å². The summed E-state index contributed by atoms with van der Waals surface area (Å²) in [6, 6.07) is 0. The van der Waals surface area contributed by atoms with Crippen LogP contribution in [0.1, 0.15) is 37.6 Å². The average Bonchev–Trinajstić information content (AvgIpc) is 3.19. The molecular weight excluding hydrogens is 372 g/mol. The van der Waals surface area contributed by atoms with E-state index >= 15 is 0 Å². The molecule has 25 heavy (non-hydrogen) atoms. The zero-order chi connectivity index (χ0) is 17.6. The Hall–Kier alpha value is -0.830. The Morgan fingerprint density at radius 2 is 2.16 bits per heavy atom. The predicted octanol–water partition coefficient (Wildman–Crippen LogP) is 4.66. The fourth-order valence-electron chi connectivity index (χ4n) is 3.18. The van der Waals surface area contributed by atoms with Gasteiger partial charge < -0.3 is 4.74 Å². The van der Waals surface area contributed by atoms with Gasteiger partial charge in [0.2, 0.25) is 0 Å². The van der Waals surface area contributed by atoms with Gasteiger partial charge in [-0.05, 0) is 24.2 Å². The number of hydrogen-bond acceptors (Lipinski definition) is 7. The quantitative estimate of drug-likeness (QED) is 0.463. The summed E-state index contributed by atoms with van der Waals surface area (Å²) in [6.07, 6.45) is 4.38.